The number of nitrogens with one attached hydrogen (secondary N) is 1. The number of pyridine rings is 1. The van der Waals surface area contributed by atoms with E-state index in [1.807, 2.05) is 0 Å². The molecule has 1 aromatic rings. The molecule has 17 heavy (non-hydrogen) atoms. The number of unbranched alkanes of at least 4 members (excludes halogenated alkanes) is 3. The summed E-state index contributed by atoms with van der Waals surface area (Å²) >= 11 is 5.69. The van der Waals surface area contributed by atoms with Gasteiger partial charge in [0.25, 0.3) is 5.91 Å². The van der Waals surface area contributed by atoms with Crippen molar-refractivity contribution >= 4 is 44.4 Å². The van der Waals surface area contributed by atoms with Crippen molar-refractivity contribution in [3.63, 3.8) is 0 Å². The van der Waals surface area contributed by atoms with Gasteiger partial charge in [0.15, 0.2) is 0 Å². The first-order valence-electron chi connectivity index (χ1n) is 5.69. The second-order valence-electron chi connectivity index (χ2n) is 3.75. The molecule has 0 spiro atoms. The lowest BCUT2D eigenvalue weighted by molar-refractivity contribution is 0.0952. The fourth-order valence-corrected chi connectivity index (χ4v) is 2.32. The molecular formula is C12H16BrIN2O. The molecule has 0 atom stereocenters. The molecule has 3 nitrogen and oxygen atoms in total. The van der Waals surface area contributed by atoms with Crippen molar-refractivity contribution < 1.29 is 4.79 Å². The second kappa shape index (κ2) is 8.85. The molecule has 0 saturated carbocycles. The van der Waals surface area contributed by atoms with Gasteiger partial charge in [-0.25, -0.2) is 0 Å². The Hall–Kier alpha value is -0.170. The van der Waals surface area contributed by atoms with Gasteiger partial charge in [0.05, 0.1) is 5.56 Å². The van der Waals surface area contributed by atoms with Crippen molar-refractivity contribution in [2.45, 2.75) is 25.7 Å². The molecule has 1 rings (SSSR count). The van der Waals surface area contributed by atoms with E-state index in [0.717, 1.165) is 17.4 Å². The first-order chi connectivity index (χ1) is 8.24. The largest absolute Gasteiger partial charge is 0.352 e. The molecule has 1 amide bonds. The topological polar surface area (TPSA) is 42.0 Å². The number of amides is 1. The van der Waals surface area contributed by atoms with E-state index in [0.29, 0.717) is 5.56 Å². The number of hydrogen-bond donors (Lipinski definition) is 1. The fraction of sp³-hybridized carbons (Fsp3) is 0.500. The molecule has 1 heterocycles. The van der Waals surface area contributed by atoms with E-state index in [-0.39, 0.29) is 5.91 Å². The highest BCUT2D eigenvalue weighted by atomic mass is 127. The minimum Gasteiger partial charge on any atom is -0.352 e. The SMILES string of the molecule is O=C(NCCCCCCI)c1cncc(Br)c1. The smallest absolute Gasteiger partial charge is 0.252 e. The molecule has 0 aliphatic carbocycles. The maximum atomic E-state index is 11.7. The maximum absolute atomic E-state index is 11.7. The summed E-state index contributed by atoms with van der Waals surface area (Å²) in [6.45, 7) is 0.743. The summed E-state index contributed by atoms with van der Waals surface area (Å²) in [5.41, 5.74) is 0.603. The van der Waals surface area contributed by atoms with E-state index in [9.17, 15) is 4.79 Å². The number of alkyl halides is 1. The Kier molecular flexibility index (Phi) is 7.75. The van der Waals surface area contributed by atoms with E-state index in [4.69, 9.17) is 0 Å². The van der Waals surface area contributed by atoms with Crippen LogP contribution >= 0.6 is 38.5 Å². The first-order valence-corrected chi connectivity index (χ1v) is 8.00. The monoisotopic (exact) mass is 410 g/mol. The van der Waals surface area contributed by atoms with Gasteiger partial charge >= 0.3 is 0 Å². The highest BCUT2D eigenvalue weighted by Crippen LogP contribution is 2.09. The Morgan fingerprint density at radius 1 is 1.29 bits per heavy atom. The number of carbonyl (C=O) groups is 1. The number of aromatic nitrogens is 1. The Balaban J connectivity index is 2.21. The summed E-state index contributed by atoms with van der Waals surface area (Å²) in [6, 6.07) is 1.78. The van der Waals surface area contributed by atoms with Crippen LogP contribution in [0.4, 0.5) is 0 Å². The third-order valence-corrected chi connectivity index (χ3v) is 3.51. The average molecular weight is 411 g/mol. The molecule has 1 N–H and O–H groups in total. The standard InChI is InChI=1S/C12H16BrIN2O/c13-11-7-10(8-15-9-11)12(17)16-6-4-2-1-3-5-14/h7-9H,1-6H2,(H,16,17). The summed E-state index contributed by atoms with van der Waals surface area (Å²) < 4.78 is 2.04. The van der Waals surface area contributed by atoms with Gasteiger partial charge in [0.2, 0.25) is 0 Å². The van der Waals surface area contributed by atoms with Crippen molar-refractivity contribution in [3.05, 3.63) is 28.5 Å². The van der Waals surface area contributed by atoms with Gasteiger partial charge in [-0.1, -0.05) is 35.4 Å². The van der Waals surface area contributed by atoms with Crippen LogP contribution < -0.4 is 5.32 Å². The highest BCUT2D eigenvalue weighted by Gasteiger charge is 2.04. The van der Waals surface area contributed by atoms with Gasteiger partial charge in [0, 0.05) is 23.4 Å². The van der Waals surface area contributed by atoms with Gasteiger partial charge in [-0.05, 0) is 39.3 Å². The Bertz CT molecular complexity index is 360. The van der Waals surface area contributed by atoms with Gasteiger partial charge in [-0.3, -0.25) is 9.78 Å². The van der Waals surface area contributed by atoms with E-state index in [1.165, 1.54) is 23.7 Å². The molecule has 0 unspecified atom stereocenters. The van der Waals surface area contributed by atoms with Crippen LogP contribution in [0.3, 0.4) is 0 Å². The quantitative estimate of drug-likeness (QED) is 0.424. The first kappa shape index (κ1) is 14.9. The normalized spacial score (nSPS) is 10.2. The molecule has 1 aromatic heterocycles. The molecule has 94 valence electrons. The highest BCUT2D eigenvalue weighted by molar-refractivity contribution is 14.1. The van der Waals surface area contributed by atoms with E-state index >= 15 is 0 Å². The zero-order valence-corrected chi connectivity index (χ0v) is 13.3. The molecule has 0 fully saturated rings. The van der Waals surface area contributed by atoms with Crippen LogP contribution in [0.5, 0.6) is 0 Å². The number of carbonyl (C=O) groups excluding carboxylic acids is 1. The summed E-state index contributed by atoms with van der Waals surface area (Å²) in [7, 11) is 0. The average Bonchev–Trinajstić information content (AvgIpc) is 2.33. The fourth-order valence-electron chi connectivity index (χ4n) is 1.41. The molecular weight excluding hydrogens is 395 g/mol. The number of hydrogen-bond acceptors (Lipinski definition) is 2. The van der Waals surface area contributed by atoms with E-state index in [2.05, 4.69) is 48.8 Å². The molecule has 0 bridgehead atoms. The summed E-state index contributed by atoms with van der Waals surface area (Å²) in [5.74, 6) is -0.0484. The number of rotatable bonds is 7. The molecule has 0 saturated heterocycles. The van der Waals surface area contributed by atoms with Gasteiger partial charge < -0.3 is 5.32 Å². The van der Waals surface area contributed by atoms with Crippen LogP contribution in [0.25, 0.3) is 0 Å². The van der Waals surface area contributed by atoms with E-state index in [1.54, 1.807) is 18.5 Å². The minimum absolute atomic E-state index is 0.0484. The Morgan fingerprint density at radius 3 is 2.76 bits per heavy atom. The lowest BCUT2D eigenvalue weighted by Crippen LogP contribution is -2.24. The van der Waals surface area contributed by atoms with Gasteiger partial charge in [-0.2, -0.15) is 0 Å². The predicted molar refractivity (Wildman–Crippen MR) is 81.6 cm³/mol. The molecule has 0 aliphatic rings. The molecule has 0 aliphatic heterocycles. The van der Waals surface area contributed by atoms with Crippen LogP contribution in [0.2, 0.25) is 0 Å². The van der Waals surface area contributed by atoms with Crippen LogP contribution in [0, 0.1) is 0 Å². The van der Waals surface area contributed by atoms with Crippen LogP contribution in [0.1, 0.15) is 36.0 Å². The maximum Gasteiger partial charge on any atom is 0.252 e. The van der Waals surface area contributed by atoms with Crippen LogP contribution in [-0.2, 0) is 0 Å². The Morgan fingerprint density at radius 2 is 2.06 bits per heavy atom. The van der Waals surface area contributed by atoms with E-state index < -0.39 is 0 Å². The molecule has 0 aromatic carbocycles. The van der Waals surface area contributed by atoms with Gasteiger partial charge in [0.1, 0.15) is 0 Å². The van der Waals surface area contributed by atoms with Crippen molar-refractivity contribution in [2.75, 3.05) is 11.0 Å². The summed E-state index contributed by atoms with van der Waals surface area (Å²) in [4.78, 5) is 15.7. The van der Waals surface area contributed by atoms with Crippen molar-refractivity contribution in [1.82, 2.24) is 10.3 Å². The summed E-state index contributed by atoms with van der Waals surface area (Å²) in [5, 5.41) is 2.90. The molecule has 5 heteroatoms. The molecule has 0 radical (unpaired) electrons. The number of nitrogens with zero attached hydrogens (tertiary/aromatic N) is 1. The number of halogens is 2. The van der Waals surface area contributed by atoms with Crippen LogP contribution in [-0.4, -0.2) is 21.9 Å². The zero-order chi connectivity index (χ0) is 12.5. The predicted octanol–water partition coefficient (Wildman–Crippen LogP) is 3.57. The van der Waals surface area contributed by atoms with Crippen molar-refractivity contribution in [3.8, 4) is 0 Å². The van der Waals surface area contributed by atoms with Crippen molar-refractivity contribution in [1.29, 1.82) is 0 Å². The van der Waals surface area contributed by atoms with Gasteiger partial charge in [-0.15, -0.1) is 0 Å². The third kappa shape index (κ3) is 6.35. The van der Waals surface area contributed by atoms with Crippen LogP contribution in [0.15, 0.2) is 22.9 Å². The Labute approximate surface area is 124 Å². The minimum atomic E-state index is -0.0484. The summed E-state index contributed by atoms with van der Waals surface area (Å²) in [6.07, 6.45) is 7.99. The zero-order valence-electron chi connectivity index (χ0n) is 9.59. The second-order valence-corrected chi connectivity index (χ2v) is 5.75. The third-order valence-electron chi connectivity index (χ3n) is 2.31. The van der Waals surface area contributed by atoms with Crippen molar-refractivity contribution in [2.24, 2.45) is 0 Å². The lowest BCUT2D eigenvalue weighted by atomic mass is 10.2. The lowest BCUT2D eigenvalue weighted by Gasteiger charge is -2.04.